The Balaban J connectivity index is 0.000000316. The van der Waals surface area contributed by atoms with Crippen molar-refractivity contribution in [2.45, 2.75) is 105 Å². The molecule has 5 N–H and O–H groups in total. The van der Waals surface area contributed by atoms with Gasteiger partial charge in [0.1, 0.15) is 17.7 Å². The van der Waals surface area contributed by atoms with Crippen molar-refractivity contribution in [1.29, 1.82) is 0 Å². The Morgan fingerprint density at radius 3 is 2.36 bits per heavy atom. The molecule has 0 radical (unpaired) electrons. The van der Waals surface area contributed by atoms with Gasteiger partial charge in [0.15, 0.2) is 0 Å². The molecule has 2 heterocycles. The van der Waals surface area contributed by atoms with Crippen LogP contribution in [-0.4, -0.2) is 78.5 Å². The zero-order valence-electron chi connectivity index (χ0n) is 35.4. The molecule has 4 rings (SSSR count). The minimum Gasteiger partial charge on any atom is -0.355 e. The van der Waals surface area contributed by atoms with Crippen molar-refractivity contribution >= 4 is 35.4 Å². The molecule has 1 aliphatic rings. The first kappa shape index (κ1) is 48.1. The van der Waals surface area contributed by atoms with Crippen LogP contribution in [0, 0.1) is 23.0 Å². The quantitative estimate of drug-likeness (QED) is 0.0724. The van der Waals surface area contributed by atoms with Crippen LogP contribution in [0.15, 0.2) is 60.8 Å². The van der Waals surface area contributed by atoms with Crippen LogP contribution in [0.1, 0.15) is 104 Å². The number of halogens is 2. The number of benzene rings is 2. The highest BCUT2D eigenvalue weighted by Crippen LogP contribution is 2.38. The molecule has 2 aromatic carbocycles. The smallest absolute Gasteiger partial charge is 0.242 e. The minimum absolute atomic E-state index is 0.00781. The zero-order valence-corrected chi connectivity index (χ0v) is 36.2. The number of nitrogens with one attached hydrogen (secondary N) is 5. The van der Waals surface area contributed by atoms with Gasteiger partial charge in [-0.1, -0.05) is 90.6 Å². The number of hydrogen-bond donors (Lipinski definition) is 5. The van der Waals surface area contributed by atoms with Gasteiger partial charge < -0.3 is 31.2 Å². The second-order valence-electron chi connectivity index (χ2n) is 16.2. The van der Waals surface area contributed by atoms with Crippen molar-refractivity contribution in [3.8, 4) is 11.1 Å². The van der Waals surface area contributed by atoms with E-state index in [0.717, 1.165) is 57.0 Å². The number of aromatic nitrogens is 1. The summed E-state index contributed by atoms with van der Waals surface area (Å²) in [4.78, 5) is 47.4. The topological polar surface area (TPSA) is 133 Å². The van der Waals surface area contributed by atoms with Crippen LogP contribution in [0.3, 0.4) is 0 Å². The fraction of sp³-hybridized carbons (Fsp3) is 0.556. The number of hydrogen-bond acceptors (Lipinski definition) is 6. The van der Waals surface area contributed by atoms with Gasteiger partial charge in [0.25, 0.3) is 0 Å². The molecule has 0 saturated carbocycles. The Labute approximate surface area is 348 Å². The molecular formula is C45H66F2N6O4S. The Kier molecular flexibility index (Phi) is 21.0. The summed E-state index contributed by atoms with van der Waals surface area (Å²) in [5, 5.41) is 14.4. The van der Waals surface area contributed by atoms with Crippen LogP contribution in [-0.2, 0) is 25.7 Å². The molecule has 0 aliphatic carbocycles. The Morgan fingerprint density at radius 2 is 1.69 bits per heavy atom. The second-order valence-corrected chi connectivity index (χ2v) is 17.3. The molecule has 2 unspecified atom stereocenters. The van der Waals surface area contributed by atoms with Crippen molar-refractivity contribution in [2.75, 3.05) is 44.2 Å². The maximum Gasteiger partial charge on any atom is 0.242 e. The molecule has 0 spiro atoms. The van der Waals surface area contributed by atoms with E-state index in [0.29, 0.717) is 67.6 Å². The van der Waals surface area contributed by atoms with E-state index in [9.17, 15) is 28.0 Å². The van der Waals surface area contributed by atoms with Gasteiger partial charge in [-0.25, -0.2) is 8.78 Å². The molecule has 13 heteroatoms. The fourth-order valence-corrected chi connectivity index (χ4v) is 7.30. The Hall–Kier alpha value is -4.23. The summed E-state index contributed by atoms with van der Waals surface area (Å²) in [7, 11) is 0. The lowest BCUT2D eigenvalue weighted by atomic mass is 9.80. The monoisotopic (exact) mass is 824 g/mol. The highest BCUT2D eigenvalue weighted by molar-refractivity contribution is 7.99. The molecule has 1 aliphatic heterocycles. The predicted molar refractivity (Wildman–Crippen MR) is 232 cm³/mol. The van der Waals surface area contributed by atoms with Crippen LogP contribution < -0.4 is 26.6 Å². The highest BCUT2D eigenvalue weighted by Gasteiger charge is 2.26. The Morgan fingerprint density at radius 1 is 0.948 bits per heavy atom. The Bertz CT molecular complexity index is 1730. The molecule has 10 nitrogen and oxygen atoms in total. The summed E-state index contributed by atoms with van der Waals surface area (Å²) in [6, 6.07) is 15.2. The number of amides is 4. The molecule has 58 heavy (non-hydrogen) atoms. The van der Waals surface area contributed by atoms with Crippen molar-refractivity contribution in [2.24, 2.45) is 11.3 Å². The van der Waals surface area contributed by atoms with Crippen LogP contribution >= 0.6 is 11.8 Å². The fourth-order valence-electron chi connectivity index (χ4n) is 6.54. The number of carbonyl (C=O) groups excluding carboxylic acids is 4. The molecule has 3 aromatic rings. The van der Waals surface area contributed by atoms with Crippen molar-refractivity contribution in [3.05, 3.63) is 83.7 Å². The van der Waals surface area contributed by atoms with Gasteiger partial charge in [0.2, 0.25) is 23.6 Å². The van der Waals surface area contributed by atoms with Crippen molar-refractivity contribution in [3.63, 3.8) is 0 Å². The number of rotatable bonds is 21. The van der Waals surface area contributed by atoms with E-state index in [1.165, 1.54) is 36.4 Å². The van der Waals surface area contributed by atoms with Crippen molar-refractivity contribution in [1.82, 2.24) is 31.2 Å². The largest absolute Gasteiger partial charge is 0.355 e. The van der Waals surface area contributed by atoms with Gasteiger partial charge in [0.05, 0.1) is 5.75 Å². The van der Waals surface area contributed by atoms with Gasteiger partial charge in [0, 0.05) is 74.2 Å². The van der Waals surface area contributed by atoms with Gasteiger partial charge >= 0.3 is 0 Å². The highest BCUT2D eigenvalue weighted by atomic mass is 32.2. The van der Waals surface area contributed by atoms with Crippen LogP contribution in [0.4, 0.5) is 8.78 Å². The maximum atomic E-state index is 14.3. The molecule has 1 saturated heterocycles. The van der Waals surface area contributed by atoms with Gasteiger partial charge in [-0.15, -0.1) is 0 Å². The summed E-state index contributed by atoms with van der Waals surface area (Å²) in [5.74, 6) is 0.319. The average molecular weight is 825 g/mol. The minimum atomic E-state index is -0.535. The van der Waals surface area contributed by atoms with E-state index in [1.807, 2.05) is 30.5 Å². The summed E-state index contributed by atoms with van der Waals surface area (Å²) in [6.45, 7) is 16.3. The van der Waals surface area contributed by atoms with Crippen LogP contribution in [0.2, 0.25) is 0 Å². The van der Waals surface area contributed by atoms with Crippen LogP contribution in [0.5, 0.6) is 0 Å². The summed E-state index contributed by atoms with van der Waals surface area (Å²) >= 11 is 1.44. The first-order valence-corrected chi connectivity index (χ1v) is 21.9. The second kappa shape index (κ2) is 25.3. The van der Waals surface area contributed by atoms with Gasteiger partial charge in [-0.05, 0) is 67.1 Å². The molecule has 1 fully saturated rings. The normalized spacial score (nSPS) is 14.8. The standard InChI is InChI=1S/C23H25F2N.C22H41N5O4S/c1-16(23(2,3)4)22-12-18(20-13-19(24)10-11-21(20)25)15-26(22)14-17-8-6-5-7-9-17;1-3-4-5-6-7-19(27-17(2)28)22(31)25-12-11-24-20(29)9-13-32-16-21(30)26-15-18-8-10-23-14-18/h5-13,15-16H,14H2,1-4H3;18-19,23H,3-16H2,1-2H3,(H,24,29)(H,25,31)(H,26,30)(H,27,28)/t16-;/m0./s1. The first-order valence-electron chi connectivity index (χ1n) is 20.7. The van der Waals surface area contributed by atoms with Gasteiger partial charge in [-0.2, -0.15) is 11.8 Å². The number of unbranched alkanes of at least 4 members (excludes halogenated alkanes) is 3. The molecule has 1 aromatic heterocycles. The number of carbonyl (C=O) groups is 4. The zero-order chi connectivity index (χ0) is 42.5. The lowest BCUT2D eigenvalue weighted by Gasteiger charge is -2.28. The van der Waals surface area contributed by atoms with Gasteiger partial charge in [-0.3, -0.25) is 19.2 Å². The van der Waals surface area contributed by atoms with E-state index < -0.39 is 17.7 Å². The molecule has 3 atom stereocenters. The third kappa shape index (κ3) is 17.7. The summed E-state index contributed by atoms with van der Waals surface area (Å²) < 4.78 is 30.1. The number of thioether (sulfide) groups is 1. The van der Waals surface area contributed by atoms with E-state index in [1.54, 1.807) is 0 Å². The van der Waals surface area contributed by atoms with E-state index in [-0.39, 0.29) is 35.0 Å². The van der Waals surface area contributed by atoms with Crippen LogP contribution in [0.25, 0.3) is 11.1 Å². The maximum absolute atomic E-state index is 14.3. The third-order valence-corrected chi connectivity index (χ3v) is 11.3. The lowest BCUT2D eigenvalue weighted by molar-refractivity contribution is -0.128. The molecular weight excluding hydrogens is 759 g/mol. The van der Waals surface area contributed by atoms with E-state index >= 15 is 0 Å². The number of nitrogens with zero attached hydrogens (tertiary/aromatic N) is 1. The summed E-state index contributed by atoms with van der Waals surface area (Å²) in [5.41, 5.74) is 3.38. The van der Waals surface area contributed by atoms with E-state index in [2.05, 4.69) is 77.9 Å². The lowest BCUT2D eigenvalue weighted by Crippen LogP contribution is -2.47. The predicted octanol–water partition coefficient (Wildman–Crippen LogP) is 7.17. The van der Waals surface area contributed by atoms with E-state index in [4.69, 9.17) is 0 Å². The van der Waals surface area contributed by atoms with Crippen molar-refractivity contribution < 1.29 is 28.0 Å². The first-order chi connectivity index (χ1) is 27.7. The summed E-state index contributed by atoms with van der Waals surface area (Å²) in [6.07, 6.45) is 8.11. The molecule has 320 valence electrons. The average Bonchev–Trinajstić information content (AvgIpc) is 3.87. The molecule has 0 bridgehead atoms. The SMILES string of the molecule is CCCCCCC(NC(C)=O)C(=O)NCCNC(=O)CCSCC(=O)NCC1CCNC1.C[C@@H](c1cc(-c2cc(F)ccc2F)cn1Cc1ccccc1)C(C)(C)C. The third-order valence-electron chi connectivity index (χ3n) is 10.4. The molecule has 4 amide bonds.